The highest BCUT2D eigenvalue weighted by Crippen LogP contribution is 2.33. The second kappa shape index (κ2) is 8.05. The highest BCUT2D eigenvalue weighted by Gasteiger charge is 2.10. The zero-order chi connectivity index (χ0) is 18.5. The molecule has 26 heavy (non-hydrogen) atoms. The summed E-state index contributed by atoms with van der Waals surface area (Å²) in [7, 11) is 1.70. The minimum atomic E-state index is 0.886. The summed E-state index contributed by atoms with van der Waals surface area (Å²) in [5.74, 6) is 0.886. The van der Waals surface area contributed by atoms with E-state index in [4.69, 9.17) is 4.74 Å². The van der Waals surface area contributed by atoms with E-state index in [1.807, 2.05) is 12.1 Å². The van der Waals surface area contributed by atoms with E-state index in [9.17, 15) is 0 Å². The molecule has 132 valence electrons. The third-order valence-electron chi connectivity index (χ3n) is 4.96. The third-order valence-corrected chi connectivity index (χ3v) is 4.96. The van der Waals surface area contributed by atoms with E-state index in [0.29, 0.717) is 0 Å². The quantitative estimate of drug-likeness (QED) is 0.482. The molecule has 0 aliphatic heterocycles. The molecule has 1 nitrogen and oxygen atoms in total. The maximum absolute atomic E-state index is 5.27. The summed E-state index contributed by atoms with van der Waals surface area (Å²) in [6.45, 7) is 6.57. The van der Waals surface area contributed by atoms with Crippen LogP contribution >= 0.6 is 0 Å². The standard InChI is InChI=1S/C25H26O/c1-5-6-7-20-8-10-21(11-9-20)24-16-17-25(19(3)18(24)2)22-12-14-23(26-4)15-13-22/h6-17H,5H2,1-4H3/b7-6+. The van der Waals surface area contributed by atoms with Gasteiger partial charge in [-0.05, 0) is 71.3 Å². The van der Waals surface area contributed by atoms with Gasteiger partial charge in [-0.15, -0.1) is 0 Å². The van der Waals surface area contributed by atoms with Crippen molar-refractivity contribution in [1.82, 2.24) is 0 Å². The van der Waals surface area contributed by atoms with Crippen LogP contribution in [-0.4, -0.2) is 7.11 Å². The van der Waals surface area contributed by atoms with Crippen LogP contribution in [0.25, 0.3) is 28.3 Å². The van der Waals surface area contributed by atoms with Gasteiger partial charge in [-0.1, -0.05) is 67.6 Å². The maximum atomic E-state index is 5.27. The number of rotatable bonds is 5. The molecule has 0 amide bonds. The lowest BCUT2D eigenvalue weighted by atomic mass is 9.90. The van der Waals surface area contributed by atoms with Crippen molar-refractivity contribution >= 4 is 6.08 Å². The molecule has 0 bridgehead atoms. The van der Waals surface area contributed by atoms with Gasteiger partial charge >= 0.3 is 0 Å². The Labute approximate surface area is 157 Å². The predicted octanol–water partition coefficient (Wildman–Crippen LogP) is 7.07. The Morgan fingerprint density at radius 3 is 1.69 bits per heavy atom. The zero-order valence-electron chi connectivity index (χ0n) is 16.0. The van der Waals surface area contributed by atoms with Gasteiger partial charge in [0.25, 0.3) is 0 Å². The predicted molar refractivity (Wildman–Crippen MR) is 113 cm³/mol. The first-order valence-corrected chi connectivity index (χ1v) is 9.15. The average Bonchev–Trinajstić information content (AvgIpc) is 2.69. The third kappa shape index (κ3) is 3.72. The summed E-state index contributed by atoms with van der Waals surface area (Å²) in [5.41, 5.74) is 8.96. The summed E-state index contributed by atoms with van der Waals surface area (Å²) in [6.07, 6.45) is 5.43. The summed E-state index contributed by atoms with van der Waals surface area (Å²) in [4.78, 5) is 0. The van der Waals surface area contributed by atoms with E-state index >= 15 is 0 Å². The minimum absolute atomic E-state index is 0.886. The van der Waals surface area contributed by atoms with Crippen molar-refractivity contribution in [1.29, 1.82) is 0 Å². The molecule has 0 aromatic heterocycles. The molecule has 0 saturated heterocycles. The van der Waals surface area contributed by atoms with Crippen LogP contribution in [0.4, 0.5) is 0 Å². The molecule has 0 atom stereocenters. The zero-order valence-corrected chi connectivity index (χ0v) is 16.0. The first-order chi connectivity index (χ1) is 12.6. The molecule has 0 spiro atoms. The molecule has 0 radical (unpaired) electrons. The monoisotopic (exact) mass is 342 g/mol. The van der Waals surface area contributed by atoms with Crippen LogP contribution in [0.15, 0.2) is 66.7 Å². The average molecular weight is 342 g/mol. The molecule has 0 N–H and O–H groups in total. The SMILES string of the molecule is CC/C=C/c1ccc(-c2ccc(-c3ccc(OC)cc3)c(C)c2C)cc1. The van der Waals surface area contributed by atoms with E-state index < -0.39 is 0 Å². The van der Waals surface area contributed by atoms with Crippen molar-refractivity contribution in [3.63, 3.8) is 0 Å². The van der Waals surface area contributed by atoms with Crippen LogP contribution in [0.3, 0.4) is 0 Å². The maximum Gasteiger partial charge on any atom is 0.118 e. The number of allylic oxidation sites excluding steroid dienone is 1. The lowest BCUT2D eigenvalue weighted by Gasteiger charge is -2.14. The Morgan fingerprint density at radius 1 is 0.731 bits per heavy atom. The van der Waals surface area contributed by atoms with Crippen LogP contribution in [0.1, 0.15) is 30.0 Å². The van der Waals surface area contributed by atoms with E-state index in [0.717, 1.165) is 12.2 Å². The summed E-state index contributed by atoms with van der Waals surface area (Å²) in [6, 6.07) is 21.5. The number of ether oxygens (including phenoxy) is 1. The fourth-order valence-corrected chi connectivity index (χ4v) is 3.24. The number of hydrogen-bond acceptors (Lipinski definition) is 1. The van der Waals surface area contributed by atoms with Crippen LogP contribution in [-0.2, 0) is 0 Å². The van der Waals surface area contributed by atoms with Crippen LogP contribution in [0.5, 0.6) is 5.75 Å². The van der Waals surface area contributed by atoms with Crippen LogP contribution in [0.2, 0.25) is 0 Å². The number of methoxy groups -OCH3 is 1. The van der Waals surface area contributed by atoms with Gasteiger partial charge in [0.2, 0.25) is 0 Å². The van der Waals surface area contributed by atoms with Crippen molar-refractivity contribution in [3.8, 4) is 28.0 Å². The van der Waals surface area contributed by atoms with Crippen molar-refractivity contribution in [2.75, 3.05) is 7.11 Å². The van der Waals surface area contributed by atoms with Crippen LogP contribution in [0, 0.1) is 13.8 Å². The van der Waals surface area contributed by atoms with Crippen molar-refractivity contribution in [2.24, 2.45) is 0 Å². The van der Waals surface area contributed by atoms with Gasteiger partial charge in [-0.2, -0.15) is 0 Å². The van der Waals surface area contributed by atoms with Gasteiger partial charge < -0.3 is 4.74 Å². The Bertz CT molecular complexity index is 900. The fourth-order valence-electron chi connectivity index (χ4n) is 3.24. The Balaban J connectivity index is 1.95. The van der Waals surface area contributed by atoms with Gasteiger partial charge in [-0.3, -0.25) is 0 Å². The van der Waals surface area contributed by atoms with Crippen molar-refractivity contribution in [3.05, 3.63) is 83.4 Å². The van der Waals surface area contributed by atoms with Crippen LogP contribution < -0.4 is 4.74 Å². The molecule has 3 aromatic carbocycles. The molecule has 0 unspecified atom stereocenters. The topological polar surface area (TPSA) is 9.23 Å². The van der Waals surface area contributed by atoms with Gasteiger partial charge in [0.1, 0.15) is 5.75 Å². The summed E-state index contributed by atoms with van der Waals surface area (Å²) in [5, 5.41) is 0. The second-order valence-electron chi connectivity index (χ2n) is 6.57. The second-order valence-corrected chi connectivity index (χ2v) is 6.57. The van der Waals surface area contributed by atoms with E-state index in [1.165, 1.54) is 38.9 Å². The van der Waals surface area contributed by atoms with Gasteiger partial charge in [0, 0.05) is 0 Å². The van der Waals surface area contributed by atoms with E-state index in [1.54, 1.807) is 7.11 Å². The molecular weight excluding hydrogens is 316 g/mol. The summed E-state index contributed by atoms with van der Waals surface area (Å²) >= 11 is 0. The van der Waals surface area contributed by atoms with E-state index in [2.05, 4.69) is 81.5 Å². The van der Waals surface area contributed by atoms with Gasteiger partial charge in [-0.25, -0.2) is 0 Å². The highest BCUT2D eigenvalue weighted by molar-refractivity contribution is 5.77. The molecule has 0 aliphatic carbocycles. The van der Waals surface area contributed by atoms with E-state index in [-0.39, 0.29) is 0 Å². The van der Waals surface area contributed by atoms with Gasteiger partial charge in [0.15, 0.2) is 0 Å². The first kappa shape index (κ1) is 18.0. The fraction of sp³-hybridized carbons (Fsp3) is 0.200. The molecule has 0 fully saturated rings. The smallest absolute Gasteiger partial charge is 0.118 e. The molecular formula is C25H26O. The normalized spacial score (nSPS) is 11.1. The molecule has 0 heterocycles. The largest absolute Gasteiger partial charge is 0.497 e. The highest BCUT2D eigenvalue weighted by atomic mass is 16.5. The summed E-state index contributed by atoms with van der Waals surface area (Å²) < 4.78 is 5.27. The Hall–Kier alpha value is -2.80. The molecule has 0 aliphatic rings. The molecule has 3 rings (SSSR count). The molecule has 1 heteroatoms. The minimum Gasteiger partial charge on any atom is -0.497 e. The Morgan fingerprint density at radius 2 is 1.23 bits per heavy atom. The Kier molecular flexibility index (Phi) is 5.58. The van der Waals surface area contributed by atoms with Crippen molar-refractivity contribution in [2.45, 2.75) is 27.2 Å². The number of hydrogen-bond donors (Lipinski definition) is 0. The lowest BCUT2D eigenvalue weighted by Crippen LogP contribution is -1.92. The van der Waals surface area contributed by atoms with Crippen molar-refractivity contribution < 1.29 is 4.74 Å². The number of benzene rings is 3. The molecule has 0 saturated carbocycles. The molecule has 3 aromatic rings. The van der Waals surface area contributed by atoms with Gasteiger partial charge in [0.05, 0.1) is 7.11 Å². The lowest BCUT2D eigenvalue weighted by molar-refractivity contribution is 0.415. The first-order valence-electron chi connectivity index (χ1n) is 9.15.